The number of carbonyl (C=O) groups is 1. The molecule has 106 valence electrons. The molecule has 1 amide bonds. The van der Waals surface area contributed by atoms with Gasteiger partial charge in [0.2, 0.25) is 0 Å². The molecule has 5 heteroatoms. The molecule has 1 heterocycles. The summed E-state index contributed by atoms with van der Waals surface area (Å²) in [6.07, 6.45) is 0.759. The van der Waals surface area contributed by atoms with E-state index >= 15 is 0 Å². The Morgan fingerprint density at radius 2 is 2.11 bits per heavy atom. The number of rotatable bonds is 2. The standard InChI is InChI=1S/C14H20N2O2.ClH/c1-12-7-9-16(10-8-15-12)14(17)18-11-13-5-3-2-4-6-13;/h2-6,12,15H,7-11H2,1H3;1H/t12-;/m1./s1. The molecule has 1 aliphatic heterocycles. The molecule has 0 radical (unpaired) electrons. The Balaban J connectivity index is 0.00000180. The molecule has 1 atom stereocenters. The predicted octanol–water partition coefficient (Wildman–Crippen LogP) is 2.43. The first-order valence-electron chi connectivity index (χ1n) is 6.45. The van der Waals surface area contributed by atoms with Crippen LogP contribution in [0.25, 0.3) is 0 Å². The van der Waals surface area contributed by atoms with Crippen LogP contribution in [0.3, 0.4) is 0 Å². The van der Waals surface area contributed by atoms with Gasteiger partial charge in [-0.25, -0.2) is 4.79 Å². The average Bonchev–Trinajstić information content (AvgIpc) is 2.62. The van der Waals surface area contributed by atoms with Crippen molar-refractivity contribution in [1.82, 2.24) is 10.2 Å². The molecule has 0 spiro atoms. The zero-order chi connectivity index (χ0) is 12.8. The minimum atomic E-state index is -0.213. The zero-order valence-electron chi connectivity index (χ0n) is 11.2. The summed E-state index contributed by atoms with van der Waals surface area (Å²) in [4.78, 5) is 13.7. The highest BCUT2D eigenvalue weighted by molar-refractivity contribution is 5.85. The van der Waals surface area contributed by atoms with Gasteiger partial charge in [0, 0.05) is 25.7 Å². The lowest BCUT2D eigenvalue weighted by molar-refractivity contribution is 0.0983. The smallest absolute Gasteiger partial charge is 0.410 e. The maximum Gasteiger partial charge on any atom is 0.410 e. The Hall–Kier alpha value is -1.26. The topological polar surface area (TPSA) is 41.6 Å². The highest BCUT2D eigenvalue weighted by atomic mass is 35.5. The van der Waals surface area contributed by atoms with E-state index in [1.165, 1.54) is 0 Å². The second-order valence-corrected chi connectivity index (χ2v) is 4.67. The van der Waals surface area contributed by atoms with Crippen LogP contribution in [0.5, 0.6) is 0 Å². The van der Waals surface area contributed by atoms with E-state index in [0.29, 0.717) is 12.6 Å². The van der Waals surface area contributed by atoms with Crippen LogP contribution >= 0.6 is 12.4 Å². The molecule has 0 saturated carbocycles. The maximum absolute atomic E-state index is 11.9. The number of halogens is 1. The summed E-state index contributed by atoms with van der Waals surface area (Å²) >= 11 is 0. The summed E-state index contributed by atoms with van der Waals surface area (Å²) in [7, 11) is 0. The van der Waals surface area contributed by atoms with Crippen molar-refractivity contribution in [3.8, 4) is 0 Å². The normalized spacial score (nSPS) is 19.2. The van der Waals surface area contributed by atoms with Crippen LogP contribution in [0.15, 0.2) is 30.3 Å². The SMILES string of the molecule is C[C@@H]1CCN(C(=O)OCc2ccccc2)CCN1.Cl. The Morgan fingerprint density at radius 3 is 2.84 bits per heavy atom. The van der Waals surface area contributed by atoms with Gasteiger partial charge in [0.15, 0.2) is 0 Å². The van der Waals surface area contributed by atoms with Crippen molar-refractivity contribution in [3.63, 3.8) is 0 Å². The summed E-state index contributed by atoms with van der Waals surface area (Å²) in [6.45, 7) is 4.80. The molecule has 0 aromatic heterocycles. The van der Waals surface area contributed by atoms with Crippen molar-refractivity contribution < 1.29 is 9.53 Å². The monoisotopic (exact) mass is 284 g/mol. The van der Waals surface area contributed by atoms with Crippen LogP contribution in [0.2, 0.25) is 0 Å². The van der Waals surface area contributed by atoms with Crippen molar-refractivity contribution in [2.24, 2.45) is 0 Å². The summed E-state index contributed by atoms with van der Waals surface area (Å²) in [5.74, 6) is 0. The van der Waals surface area contributed by atoms with E-state index < -0.39 is 0 Å². The van der Waals surface area contributed by atoms with Gasteiger partial charge in [-0.05, 0) is 18.9 Å². The molecule has 19 heavy (non-hydrogen) atoms. The van der Waals surface area contributed by atoms with Gasteiger partial charge >= 0.3 is 6.09 Å². The minimum Gasteiger partial charge on any atom is -0.445 e. The largest absolute Gasteiger partial charge is 0.445 e. The van der Waals surface area contributed by atoms with Crippen molar-refractivity contribution in [3.05, 3.63) is 35.9 Å². The predicted molar refractivity (Wildman–Crippen MR) is 77.5 cm³/mol. The maximum atomic E-state index is 11.9. The number of hydrogen-bond acceptors (Lipinski definition) is 3. The lowest BCUT2D eigenvalue weighted by atomic mass is 10.2. The Kier molecular flexibility index (Phi) is 6.67. The molecule has 0 aliphatic carbocycles. The number of nitrogens with one attached hydrogen (secondary N) is 1. The number of nitrogens with zero attached hydrogens (tertiary/aromatic N) is 1. The molecule has 4 nitrogen and oxygen atoms in total. The average molecular weight is 285 g/mol. The van der Waals surface area contributed by atoms with E-state index in [1.54, 1.807) is 4.90 Å². The van der Waals surface area contributed by atoms with Crippen LogP contribution in [0.1, 0.15) is 18.9 Å². The van der Waals surface area contributed by atoms with Crippen LogP contribution < -0.4 is 5.32 Å². The first-order valence-corrected chi connectivity index (χ1v) is 6.45. The molecule has 0 bridgehead atoms. The molecular weight excluding hydrogens is 264 g/mol. The van der Waals surface area contributed by atoms with Gasteiger partial charge in [-0.2, -0.15) is 0 Å². The Labute approximate surface area is 120 Å². The lowest BCUT2D eigenvalue weighted by Gasteiger charge is -2.19. The van der Waals surface area contributed by atoms with Crippen LogP contribution in [-0.2, 0) is 11.3 Å². The van der Waals surface area contributed by atoms with E-state index in [0.717, 1.165) is 31.6 Å². The van der Waals surface area contributed by atoms with Gasteiger partial charge in [-0.1, -0.05) is 30.3 Å². The molecule has 0 unspecified atom stereocenters. The van der Waals surface area contributed by atoms with Crippen molar-refractivity contribution in [2.45, 2.75) is 26.0 Å². The van der Waals surface area contributed by atoms with Crippen LogP contribution in [-0.4, -0.2) is 36.7 Å². The summed E-state index contributed by atoms with van der Waals surface area (Å²) in [6, 6.07) is 10.2. The van der Waals surface area contributed by atoms with E-state index in [-0.39, 0.29) is 18.5 Å². The Morgan fingerprint density at radius 1 is 1.37 bits per heavy atom. The number of ether oxygens (including phenoxy) is 1. The minimum absolute atomic E-state index is 0. The van der Waals surface area contributed by atoms with E-state index in [4.69, 9.17) is 4.74 Å². The first-order chi connectivity index (χ1) is 8.75. The van der Waals surface area contributed by atoms with Crippen molar-refractivity contribution in [2.75, 3.05) is 19.6 Å². The van der Waals surface area contributed by atoms with Gasteiger partial charge in [-0.15, -0.1) is 12.4 Å². The number of benzene rings is 1. The third kappa shape index (κ3) is 5.09. The van der Waals surface area contributed by atoms with Crippen molar-refractivity contribution >= 4 is 18.5 Å². The molecule has 1 saturated heterocycles. The Bertz CT molecular complexity index is 386. The van der Waals surface area contributed by atoms with E-state index in [9.17, 15) is 4.79 Å². The van der Waals surface area contributed by atoms with Crippen molar-refractivity contribution in [1.29, 1.82) is 0 Å². The van der Waals surface area contributed by atoms with E-state index in [1.807, 2.05) is 30.3 Å². The first kappa shape index (κ1) is 15.8. The van der Waals surface area contributed by atoms with Gasteiger partial charge in [0.1, 0.15) is 6.61 Å². The zero-order valence-corrected chi connectivity index (χ0v) is 12.0. The fraction of sp³-hybridized carbons (Fsp3) is 0.500. The molecule has 1 N–H and O–H groups in total. The highest BCUT2D eigenvalue weighted by Crippen LogP contribution is 2.06. The molecule has 1 aromatic rings. The van der Waals surface area contributed by atoms with E-state index in [2.05, 4.69) is 12.2 Å². The molecule has 1 aliphatic rings. The summed E-state index contributed by atoms with van der Waals surface area (Å²) < 4.78 is 5.32. The molecule has 2 rings (SSSR count). The summed E-state index contributed by atoms with van der Waals surface area (Å²) in [5, 5.41) is 3.35. The third-order valence-electron chi connectivity index (χ3n) is 3.17. The van der Waals surface area contributed by atoms with Gasteiger partial charge in [-0.3, -0.25) is 0 Å². The highest BCUT2D eigenvalue weighted by Gasteiger charge is 2.18. The van der Waals surface area contributed by atoms with Gasteiger partial charge in [0.05, 0.1) is 0 Å². The lowest BCUT2D eigenvalue weighted by Crippen LogP contribution is -2.34. The van der Waals surface area contributed by atoms with Crippen LogP contribution in [0.4, 0.5) is 4.79 Å². The molecule has 1 aromatic carbocycles. The van der Waals surface area contributed by atoms with Gasteiger partial charge in [0.25, 0.3) is 0 Å². The second kappa shape index (κ2) is 8.02. The number of carbonyl (C=O) groups excluding carboxylic acids is 1. The molecule has 1 fully saturated rings. The quantitative estimate of drug-likeness (QED) is 0.907. The summed E-state index contributed by atoms with van der Waals surface area (Å²) in [5.41, 5.74) is 1.02. The van der Waals surface area contributed by atoms with Crippen LogP contribution in [0, 0.1) is 0 Å². The third-order valence-corrected chi connectivity index (χ3v) is 3.17. The molecular formula is C14H21ClN2O2. The van der Waals surface area contributed by atoms with Gasteiger partial charge < -0.3 is 15.0 Å². The second-order valence-electron chi connectivity index (χ2n) is 4.67. The number of hydrogen-bond donors (Lipinski definition) is 1. The fourth-order valence-electron chi connectivity index (χ4n) is 2.00. The number of amides is 1. The fourth-order valence-corrected chi connectivity index (χ4v) is 2.00.